The van der Waals surface area contributed by atoms with Crippen LogP contribution in [-0.2, 0) is 4.79 Å². The van der Waals surface area contributed by atoms with E-state index in [4.69, 9.17) is 4.74 Å². The van der Waals surface area contributed by atoms with E-state index < -0.39 is 5.72 Å². The molecule has 24 heavy (non-hydrogen) atoms. The molecule has 1 spiro atoms. The molecule has 5 aliphatic rings. The van der Waals surface area contributed by atoms with Crippen molar-refractivity contribution >= 4 is 11.8 Å². The quantitative estimate of drug-likeness (QED) is 0.876. The third kappa shape index (κ3) is 2.14. The fraction of sp³-hybridized carbons (Fsp3) is 0.579. The second-order valence-corrected chi connectivity index (χ2v) is 7.81. The lowest BCUT2D eigenvalue weighted by Gasteiger charge is -2.55. The number of benzene rings is 1. The highest BCUT2D eigenvalue weighted by Gasteiger charge is 2.57. The first-order valence-corrected chi connectivity index (χ1v) is 9.05. The average molecular weight is 326 g/mol. The zero-order valence-electron chi connectivity index (χ0n) is 13.6. The van der Waals surface area contributed by atoms with Crippen LogP contribution in [-0.4, -0.2) is 23.6 Å². The summed E-state index contributed by atoms with van der Waals surface area (Å²) in [6.45, 7) is 0. The van der Waals surface area contributed by atoms with Gasteiger partial charge in [-0.15, -0.1) is 0 Å². The minimum absolute atomic E-state index is 0.0524. The summed E-state index contributed by atoms with van der Waals surface area (Å²) in [6.07, 6.45) is 5.85. The molecule has 0 radical (unpaired) electrons. The van der Waals surface area contributed by atoms with Crippen LogP contribution in [0, 0.1) is 17.8 Å². The molecule has 1 heterocycles. The Morgan fingerprint density at radius 3 is 2.79 bits per heavy atom. The number of carbonyl (C=O) groups excluding carboxylic acids is 2. The number of nitrogens with one attached hydrogen (secondary N) is 2. The summed E-state index contributed by atoms with van der Waals surface area (Å²) in [5.74, 6) is 1.41. The topological polar surface area (TPSA) is 67.4 Å². The third-order valence-electron chi connectivity index (χ3n) is 6.23. The van der Waals surface area contributed by atoms with E-state index in [1.54, 1.807) is 6.07 Å². The van der Waals surface area contributed by atoms with Crippen molar-refractivity contribution in [2.24, 2.45) is 17.8 Å². The maximum atomic E-state index is 12.5. The van der Waals surface area contributed by atoms with Gasteiger partial charge in [0.15, 0.2) is 5.72 Å². The lowest BCUT2D eigenvalue weighted by Crippen LogP contribution is -2.67. The second-order valence-electron chi connectivity index (χ2n) is 7.81. The van der Waals surface area contributed by atoms with Gasteiger partial charge in [-0.3, -0.25) is 9.59 Å². The van der Waals surface area contributed by atoms with E-state index >= 15 is 0 Å². The molecule has 5 nitrogen and oxygen atoms in total. The van der Waals surface area contributed by atoms with E-state index in [9.17, 15) is 9.59 Å². The number of para-hydroxylation sites is 1. The van der Waals surface area contributed by atoms with Gasteiger partial charge in [-0.25, -0.2) is 0 Å². The molecule has 1 aliphatic heterocycles. The summed E-state index contributed by atoms with van der Waals surface area (Å²) < 4.78 is 6.32. The first kappa shape index (κ1) is 14.3. The number of rotatable bonds is 2. The lowest BCUT2D eigenvalue weighted by molar-refractivity contribution is -0.146. The molecule has 2 bridgehead atoms. The van der Waals surface area contributed by atoms with Crippen molar-refractivity contribution in [1.82, 2.24) is 10.6 Å². The van der Waals surface area contributed by atoms with Crippen LogP contribution in [0.25, 0.3) is 0 Å². The van der Waals surface area contributed by atoms with E-state index in [0.29, 0.717) is 23.3 Å². The zero-order valence-corrected chi connectivity index (χ0v) is 13.6. The number of hydrogen-bond acceptors (Lipinski definition) is 3. The summed E-state index contributed by atoms with van der Waals surface area (Å²) in [5.41, 5.74) is -0.0161. The average Bonchev–Trinajstić information content (AvgIpc) is 3.39. The Bertz CT molecular complexity index is 714. The van der Waals surface area contributed by atoms with Crippen molar-refractivity contribution in [2.45, 2.75) is 50.3 Å². The van der Waals surface area contributed by atoms with Gasteiger partial charge in [0, 0.05) is 24.3 Å². The highest BCUT2D eigenvalue weighted by atomic mass is 16.5. The number of amides is 2. The van der Waals surface area contributed by atoms with Crippen LogP contribution in [0.2, 0.25) is 0 Å². The van der Waals surface area contributed by atoms with E-state index in [-0.39, 0.29) is 23.7 Å². The van der Waals surface area contributed by atoms with Crippen LogP contribution < -0.4 is 15.4 Å². The predicted molar refractivity (Wildman–Crippen MR) is 87.4 cm³/mol. The zero-order chi connectivity index (χ0) is 16.3. The van der Waals surface area contributed by atoms with Crippen LogP contribution in [0.5, 0.6) is 5.75 Å². The van der Waals surface area contributed by atoms with E-state index in [1.165, 1.54) is 0 Å². The molecular formula is C19H22N2O3. The first-order valence-electron chi connectivity index (χ1n) is 9.05. The highest BCUT2D eigenvalue weighted by molar-refractivity contribution is 5.98. The Kier molecular flexibility index (Phi) is 2.97. The molecule has 4 saturated carbocycles. The van der Waals surface area contributed by atoms with Crippen molar-refractivity contribution < 1.29 is 14.3 Å². The van der Waals surface area contributed by atoms with Crippen LogP contribution in [0.3, 0.4) is 0 Å². The maximum Gasteiger partial charge on any atom is 0.258 e. The van der Waals surface area contributed by atoms with Gasteiger partial charge in [-0.05, 0) is 50.2 Å². The molecule has 0 unspecified atom stereocenters. The molecule has 4 fully saturated rings. The van der Waals surface area contributed by atoms with Gasteiger partial charge >= 0.3 is 0 Å². The van der Waals surface area contributed by atoms with Gasteiger partial charge in [0.2, 0.25) is 5.91 Å². The fourth-order valence-electron chi connectivity index (χ4n) is 4.82. The van der Waals surface area contributed by atoms with Crippen molar-refractivity contribution in [3.8, 4) is 5.75 Å². The Balaban J connectivity index is 1.40. The summed E-state index contributed by atoms with van der Waals surface area (Å²) in [4.78, 5) is 25.1. The Morgan fingerprint density at radius 1 is 1.21 bits per heavy atom. The van der Waals surface area contributed by atoms with Crippen molar-refractivity contribution in [2.75, 3.05) is 0 Å². The lowest BCUT2D eigenvalue weighted by atomic mass is 9.60. The maximum absolute atomic E-state index is 12.5. The number of carbonyl (C=O) groups is 2. The largest absolute Gasteiger partial charge is 0.467 e. The van der Waals surface area contributed by atoms with Crippen LogP contribution >= 0.6 is 0 Å². The van der Waals surface area contributed by atoms with Crippen molar-refractivity contribution in [1.29, 1.82) is 0 Å². The number of ether oxygens (including phenoxy) is 1. The fourth-order valence-corrected chi connectivity index (χ4v) is 4.82. The molecule has 4 aliphatic carbocycles. The van der Waals surface area contributed by atoms with Gasteiger partial charge in [0.25, 0.3) is 5.91 Å². The molecule has 0 saturated heterocycles. The molecule has 0 aromatic heterocycles. The summed E-state index contributed by atoms with van der Waals surface area (Å²) in [6, 6.07) is 7.83. The van der Waals surface area contributed by atoms with Crippen molar-refractivity contribution in [3.05, 3.63) is 29.8 Å². The first-order chi connectivity index (χ1) is 11.6. The highest BCUT2D eigenvalue weighted by Crippen LogP contribution is 2.52. The minimum Gasteiger partial charge on any atom is -0.467 e. The monoisotopic (exact) mass is 326 g/mol. The molecule has 1 aromatic carbocycles. The molecule has 126 valence electrons. The SMILES string of the molecule is O=C1N[C@@]2(C[C@@H]3CC[C@@H]2C[C@@H]3C(=O)NC2CC2)Oc2ccccc21. The van der Waals surface area contributed by atoms with Gasteiger partial charge in [-0.1, -0.05) is 12.1 Å². The summed E-state index contributed by atoms with van der Waals surface area (Å²) in [5, 5.41) is 6.30. The van der Waals surface area contributed by atoms with E-state index in [0.717, 1.165) is 38.5 Å². The molecule has 4 atom stereocenters. The molecule has 5 heteroatoms. The molecule has 1 aromatic rings. The van der Waals surface area contributed by atoms with Crippen molar-refractivity contribution in [3.63, 3.8) is 0 Å². The van der Waals surface area contributed by atoms with Gasteiger partial charge in [0.1, 0.15) is 5.75 Å². The van der Waals surface area contributed by atoms with Crippen LogP contribution in [0.15, 0.2) is 24.3 Å². The Morgan fingerprint density at radius 2 is 2.04 bits per heavy atom. The van der Waals surface area contributed by atoms with Gasteiger partial charge < -0.3 is 15.4 Å². The Labute approximate surface area is 141 Å². The van der Waals surface area contributed by atoms with E-state index in [2.05, 4.69) is 10.6 Å². The third-order valence-corrected chi connectivity index (χ3v) is 6.23. The second kappa shape index (κ2) is 4.98. The van der Waals surface area contributed by atoms with E-state index in [1.807, 2.05) is 18.2 Å². The van der Waals surface area contributed by atoms with Gasteiger partial charge in [0.05, 0.1) is 5.56 Å². The summed E-state index contributed by atoms with van der Waals surface area (Å²) >= 11 is 0. The number of hydrogen-bond donors (Lipinski definition) is 2. The minimum atomic E-state index is -0.620. The Hall–Kier alpha value is -2.04. The van der Waals surface area contributed by atoms with Crippen LogP contribution in [0.4, 0.5) is 0 Å². The molecule has 2 N–H and O–H groups in total. The standard InChI is InChI=1S/C19H22N2O3/c22-17(20-13-7-8-13)15-9-12-6-5-11(15)10-19(12)21-18(23)14-3-1-2-4-16(14)24-19/h1-4,11-13,15H,5-10H2,(H,20,22)(H,21,23)/t11-,12+,15-,19-/m0/s1. The van der Waals surface area contributed by atoms with Crippen LogP contribution in [0.1, 0.15) is 48.9 Å². The molecule has 6 rings (SSSR count). The number of fused-ring (bicyclic) bond motifs is 3. The summed E-state index contributed by atoms with van der Waals surface area (Å²) in [7, 11) is 0. The smallest absolute Gasteiger partial charge is 0.258 e. The normalized spacial score (nSPS) is 36.7. The predicted octanol–water partition coefficient (Wildman–Crippen LogP) is 2.22. The molecule has 2 amide bonds. The van der Waals surface area contributed by atoms with Gasteiger partial charge in [-0.2, -0.15) is 0 Å². The molecular weight excluding hydrogens is 304 g/mol.